The van der Waals surface area contributed by atoms with Crippen molar-refractivity contribution in [2.24, 2.45) is 0 Å². The number of alkyl halides is 6. The Kier molecular flexibility index (Phi) is 11.5. The van der Waals surface area contributed by atoms with E-state index in [1.165, 1.54) is 67.8 Å². The van der Waals surface area contributed by atoms with Gasteiger partial charge in [-0.05, 0) is 127 Å². The molecule has 302 valence electrons. The first-order valence-electron chi connectivity index (χ1n) is 17.2. The lowest BCUT2D eigenvalue weighted by Crippen LogP contribution is -2.54. The van der Waals surface area contributed by atoms with E-state index in [-0.39, 0.29) is 45.6 Å². The van der Waals surface area contributed by atoms with Crippen LogP contribution in [0.2, 0.25) is 0 Å². The maximum Gasteiger partial charge on any atom is 0.411 e. The molecule has 1 N–H and O–H groups in total. The summed E-state index contributed by atoms with van der Waals surface area (Å²) in [5.74, 6) is 2.52. The summed E-state index contributed by atoms with van der Waals surface area (Å²) in [6.07, 6.45) is -6.07. The lowest BCUT2D eigenvalue weighted by molar-refractivity contribution is -0.288. The van der Waals surface area contributed by atoms with Crippen LogP contribution in [0.25, 0.3) is 0 Å². The summed E-state index contributed by atoms with van der Waals surface area (Å²) in [6, 6.07) is 26.9. The third-order valence-corrected chi connectivity index (χ3v) is 9.88. The Morgan fingerprint density at radius 2 is 1.03 bits per heavy atom. The van der Waals surface area contributed by atoms with Crippen LogP contribution >= 0.6 is 0 Å². The third kappa shape index (κ3) is 8.89. The van der Waals surface area contributed by atoms with E-state index >= 15 is 0 Å². The van der Waals surface area contributed by atoms with Crippen molar-refractivity contribution in [3.05, 3.63) is 167 Å². The van der Waals surface area contributed by atoms with E-state index in [0.29, 0.717) is 23.4 Å². The van der Waals surface area contributed by atoms with E-state index in [4.69, 9.17) is 25.4 Å². The number of ketones is 1. The van der Waals surface area contributed by atoms with Crippen molar-refractivity contribution in [1.82, 2.24) is 0 Å². The van der Waals surface area contributed by atoms with Gasteiger partial charge >= 0.3 is 12.4 Å². The summed E-state index contributed by atoms with van der Waals surface area (Å²) >= 11 is 0. The summed E-state index contributed by atoms with van der Waals surface area (Å²) in [5.41, 5.74) is -4.70. The van der Waals surface area contributed by atoms with Crippen LogP contribution < -0.4 is 18.9 Å². The first-order valence-corrected chi connectivity index (χ1v) is 18.6. The molecule has 59 heavy (non-hydrogen) atoms. The summed E-state index contributed by atoms with van der Waals surface area (Å²) in [7, 11) is -3.56. The standard InChI is InChI=1S/C44H30F6O8S/c1-4-28-23-27(2)24-38(25-28)57-37-21-22-39(40(26-37)59(52,53)54)58-36-15-7-30(8-16-36)41(51)29-5-13-34(14-6-29)56-35-19-11-32(12-20-35)42(43(45,46)47,44(48,49)50)31-9-17-33(55-3)18-10-31/h1,5-26H,2-3H3,(H,52,53,54). The van der Waals surface area contributed by atoms with Gasteiger partial charge in [0.25, 0.3) is 10.1 Å². The van der Waals surface area contributed by atoms with E-state index in [1.54, 1.807) is 25.1 Å². The highest BCUT2D eigenvalue weighted by Gasteiger charge is 2.72. The number of benzene rings is 6. The van der Waals surface area contributed by atoms with E-state index in [1.807, 2.05) is 0 Å². The highest BCUT2D eigenvalue weighted by atomic mass is 32.2. The first kappa shape index (κ1) is 41.9. The fraction of sp³-hybridized carbons (Fsp3) is 0.114. The fourth-order valence-corrected chi connectivity index (χ4v) is 6.87. The van der Waals surface area contributed by atoms with Crippen LogP contribution in [0.1, 0.15) is 38.2 Å². The Hall–Kier alpha value is -6.76. The molecule has 6 aromatic rings. The molecule has 6 aromatic carbocycles. The Labute approximate surface area is 334 Å². The van der Waals surface area contributed by atoms with Gasteiger partial charge in [-0.1, -0.05) is 30.2 Å². The molecule has 0 fully saturated rings. The van der Waals surface area contributed by atoms with Crippen molar-refractivity contribution < 1.29 is 63.1 Å². The molecule has 8 nitrogen and oxygen atoms in total. The molecule has 0 spiro atoms. The number of terminal acetylenes is 1. The average molecular weight is 833 g/mol. The molecule has 0 unspecified atom stereocenters. The van der Waals surface area contributed by atoms with Gasteiger partial charge < -0.3 is 18.9 Å². The van der Waals surface area contributed by atoms with Gasteiger partial charge in [0, 0.05) is 22.8 Å². The van der Waals surface area contributed by atoms with Gasteiger partial charge in [-0.15, -0.1) is 6.42 Å². The number of carbonyl (C=O) groups excluding carboxylic acids is 1. The van der Waals surface area contributed by atoms with Crippen LogP contribution in [-0.2, 0) is 15.5 Å². The highest BCUT2D eigenvalue weighted by Crippen LogP contribution is 2.56. The van der Waals surface area contributed by atoms with Crippen molar-refractivity contribution in [2.75, 3.05) is 7.11 Å². The van der Waals surface area contributed by atoms with Gasteiger partial charge in [0.1, 0.15) is 45.1 Å². The highest BCUT2D eigenvalue weighted by molar-refractivity contribution is 7.86. The third-order valence-electron chi connectivity index (χ3n) is 9.00. The monoisotopic (exact) mass is 832 g/mol. The number of aryl methyl sites for hydroxylation is 1. The van der Waals surface area contributed by atoms with Gasteiger partial charge in [-0.3, -0.25) is 9.35 Å². The van der Waals surface area contributed by atoms with Gasteiger partial charge in [-0.2, -0.15) is 34.8 Å². The van der Waals surface area contributed by atoms with Crippen LogP contribution in [0.3, 0.4) is 0 Å². The maximum absolute atomic E-state index is 14.5. The fourth-order valence-electron chi connectivity index (χ4n) is 6.24. The van der Waals surface area contributed by atoms with E-state index < -0.39 is 49.7 Å². The lowest BCUT2D eigenvalue weighted by atomic mass is 9.73. The second-order valence-electron chi connectivity index (χ2n) is 12.9. The molecule has 0 aliphatic carbocycles. The molecule has 0 aromatic heterocycles. The maximum atomic E-state index is 14.5. The Balaban J connectivity index is 1.15. The normalized spacial score (nSPS) is 12.0. The Morgan fingerprint density at radius 1 is 0.593 bits per heavy atom. The van der Waals surface area contributed by atoms with Crippen LogP contribution in [0, 0.1) is 19.3 Å². The van der Waals surface area contributed by atoms with Crippen molar-refractivity contribution in [3.8, 4) is 52.6 Å². The van der Waals surface area contributed by atoms with Gasteiger partial charge in [0.05, 0.1) is 7.11 Å². The number of carbonyl (C=O) groups is 1. The zero-order valence-electron chi connectivity index (χ0n) is 30.8. The Bertz CT molecular complexity index is 2620. The number of rotatable bonds is 12. The summed E-state index contributed by atoms with van der Waals surface area (Å²) in [6.45, 7) is 1.81. The molecule has 15 heteroatoms. The molecular weight excluding hydrogens is 803 g/mol. The second-order valence-corrected chi connectivity index (χ2v) is 14.3. The zero-order chi connectivity index (χ0) is 42.8. The lowest BCUT2D eigenvalue weighted by Gasteiger charge is -2.38. The molecule has 0 aliphatic heterocycles. The van der Waals surface area contributed by atoms with Crippen LogP contribution in [0.15, 0.2) is 138 Å². The molecule has 0 saturated heterocycles. The van der Waals surface area contributed by atoms with Gasteiger partial charge in [-0.25, -0.2) is 0 Å². The molecule has 0 radical (unpaired) electrons. The van der Waals surface area contributed by atoms with E-state index in [9.17, 15) is 44.1 Å². The Morgan fingerprint density at radius 3 is 1.49 bits per heavy atom. The minimum absolute atomic E-state index is 0.0688. The SMILES string of the molecule is C#Cc1cc(C)cc(Oc2ccc(Oc3ccc(C(=O)c4ccc(Oc5ccc(C(c6ccc(OC)cc6)(C(F)(F)F)C(F)(F)F)cc5)cc4)cc3)c(S(=O)(=O)O)c2)c1. The van der Waals surface area contributed by atoms with Gasteiger partial charge in [0.15, 0.2) is 5.78 Å². The quantitative estimate of drug-likeness (QED) is 0.0562. The summed E-state index contributed by atoms with van der Waals surface area (Å²) in [5, 5.41) is 0. The van der Waals surface area contributed by atoms with Crippen molar-refractivity contribution in [1.29, 1.82) is 0 Å². The largest absolute Gasteiger partial charge is 0.497 e. The average Bonchev–Trinajstić information content (AvgIpc) is 3.18. The predicted octanol–water partition coefficient (Wildman–Crippen LogP) is 11.3. The summed E-state index contributed by atoms with van der Waals surface area (Å²) in [4.78, 5) is 12.7. The molecule has 0 aliphatic rings. The van der Waals surface area contributed by atoms with Crippen LogP contribution in [-0.4, -0.2) is 38.2 Å². The minimum atomic E-state index is -5.77. The first-order chi connectivity index (χ1) is 27.8. The zero-order valence-corrected chi connectivity index (χ0v) is 31.6. The molecule has 0 atom stereocenters. The molecule has 0 heterocycles. The smallest absolute Gasteiger partial charge is 0.411 e. The topological polar surface area (TPSA) is 108 Å². The molecular formula is C44H30F6O8S. The number of hydrogen-bond acceptors (Lipinski definition) is 7. The number of hydrogen-bond donors (Lipinski definition) is 1. The molecule has 0 amide bonds. The van der Waals surface area contributed by atoms with Crippen molar-refractivity contribution in [3.63, 3.8) is 0 Å². The van der Waals surface area contributed by atoms with Crippen LogP contribution in [0.5, 0.6) is 40.2 Å². The van der Waals surface area contributed by atoms with E-state index in [2.05, 4.69) is 5.92 Å². The molecule has 6 rings (SSSR count). The number of halogens is 6. The number of ether oxygens (including phenoxy) is 4. The second kappa shape index (κ2) is 16.2. The van der Waals surface area contributed by atoms with Crippen LogP contribution in [0.4, 0.5) is 26.3 Å². The minimum Gasteiger partial charge on any atom is -0.497 e. The number of methoxy groups -OCH3 is 1. The molecule has 0 saturated carbocycles. The molecule has 0 bridgehead atoms. The van der Waals surface area contributed by atoms with E-state index in [0.717, 1.165) is 48.0 Å². The summed E-state index contributed by atoms with van der Waals surface area (Å²) < 4.78 is 144. The van der Waals surface area contributed by atoms with Crippen molar-refractivity contribution in [2.45, 2.75) is 29.6 Å². The van der Waals surface area contributed by atoms with Gasteiger partial charge in [0.2, 0.25) is 5.41 Å². The predicted molar refractivity (Wildman–Crippen MR) is 204 cm³/mol. The van der Waals surface area contributed by atoms with Crippen molar-refractivity contribution >= 4 is 15.9 Å².